The Morgan fingerprint density at radius 2 is 1.67 bits per heavy atom. The number of H-pyrrole nitrogens is 1. The van der Waals surface area contributed by atoms with Crippen LogP contribution in [0.1, 0.15) is 11.1 Å². The number of aromatic nitrogens is 2. The highest BCUT2D eigenvalue weighted by Gasteiger charge is 2.15. The Kier molecular flexibility index (Phi) is 3.43. The van der Waals surface area contributed by atoms with Crippen molar-refractivity contribution in [3.63, 3.8) is 0 Å². The fraction of sp³-hybridized carbons (Fsp3) is 0.118. The van der Waals surface area contributed by atoms with Crippen LogP contribution in [0.5, 0.6) is 0 Å². The van der Waals surface area contributed by atoms with Crippen molar-refractivity contribution in [1.82, 2.24) is 10.2 Å². The zero-order chi connectivity index (χ0) is 15.0. The molecule has 0 spiro atoms. The normalized spacial score (nSPS) is 10.8. The molecule has 0 aliphatic heterocycles. The lowest BCUT2D eigenvalue weighted by Crippen LogP contribution is -1.89. The van der Waals surface area contributed by atoms with Crippen LogP contribution in [0.3, 0.4) is 0 Å². The van der Waals surface area contributed by atoms with E-state index in [1.54, 1.807) is 0 Å². The van der Waals surface area contributed by atoms with E-state index in [9.17, 15) is 0 Å². The highest BCUT2D eigenvalue weighted by atomic mass is 35.5. The van der Waals surface area contributed by atoms with E-state index in [0.717, 1.165) is 33.0 Å². The van der Waals surface area contributed by atoms with Crippen LogP contribution in [-0.2, 0) is 0 Å². The van der Waals surface area contributed by atoms with Gasteiger partial charge in [-0.3, -0.25) is 5.10 Å². The number of hydrogen-bond donors (Lipinski definition) is 2. The first-order chi connectivity index (χ1) is 10.1. The monoisotopic (exact) mass is 297 g/mol. The van der Waals surface area contributed by atoms with Gasteiger partial charge >= 0.3 is 0 Å². The molecule has 0 amide bonds. The second kappa shape index (κ2) is 5.26. The Morgan fingerprint density at radius 1 is 1.00 bits per heavy atom. The van der Waals surface area contributed by atoms with E-state index < -0.39 is 0 Å². The molecule has 2 aromatic carbocycles. The van der Waals surface area contributed by atoms with Gasteiger partial charge in [0.05, 0.1) is 11.3 Å². The first-order valence-electron chi connectivity index (χ1n) is 6.73. The summed E-state index contributed by atoms with van der Waals surface area (Å²) in [6.07, 6.45) is 0. The average Bonchev–Trinajstić information content (AvgIpc) is 2.85. The lowest BCUT2D eigenvalue weighted by atomic mass is 9.99. The lowest BCUT2D eigenvalue weighted by molar-refractivity contribution is 1.10. The van der Waals surface area contributed by atoms with Gasteiger partial charge in [-0.05, 0) is 31.0 Å². The standard InChI is InChI=1S/C17H16ClN3/c1-10-3-6-12(7-4-10)15-16(20-21-17(15)19)13-8-5-11(2)14(18)9-13/h3-9H,1-2H3,(H3,19,20,21). The maximum atomic E-state index is 6.22. The quantitative estimate of drug-likeness (QED) is 0.726. The van der Waals surface area contributed by atoms with E-state index in [2.05, 4.69) is 41.4 Å². The number of rotatable bonds is 2. The molecular weight excluding hydrogens is 282 g/mol. The molecular formula is C17H16ClN3. The Morgan fingerprint density at radius 3 is 2.33 bits per heavy atom. The van der Waals surface area contributed by atoms with E-state index in [0.29, 0.717) is 5.82 Å². The highest BCUT2D eigenvalue weighted by molar-refractivity contribution is 6.31. The molecule has 1 aromatic heterocycles. The molecule has 3 aromatic rings. The van der Waals surface area contributed by atoms with Crippen LogP contribution in [0.25, 0.3) is 22.4 Å². The van der Waals surface area contributed by atoms with Gasteiger partial charge in [-0.2, -0.15) is 5.10 Å². The summed E-state index contributed by atoms with van der Waals surface area (Å²) in [7, 11) is 0. The van der Waals surface area contributed by atoms with Crippen molar-refractivity contribution in [2.75, 3.05) is 5.73 Å². The fourth-order valence-electron chi connectivity index (χ4n) is 2.33. The minimum atomic E-state index is 0.491. The van der Waals surface area contributed by atoms with E-state index in [-0.39, 0.29) is 0 Å². The molecule has 0 atom stereocenters. The van der Waals surface area contributed by atoms with E-state index in [4.69, 9.17) is 17.3 Å². The molecule has 0 fully saturated rings. The molecule has 0 aliphatic rings. The second-order valence-electron chi connectivity index (χ2n) is 5.19. The van der Waals surface area contributed by atoms with Crippen LogP contribution in [0.15, 0.2) is 42.5 Å². The van der Waals surface area contributed by atoms with E-state index in [1.807, 2.05) is 25.1 Å². The summed E-state index contributed by atoms with van der Waals surface area (Å²) in [6.45, 7) is 4.04. The molecule has 0 aliphatic carbocycles. The number of halogens is 1. The van der Waals surface area contributed by atoms with Crippen LogP contribution in [0.2, 0.25) is 5.02 Å². The van der Waals surface area contributed by atoms with Gasteiger partial charge in [-0.1, -0.05) is 53.6 Å². The SMILES string of the molecule is Cc1ccc(-c2c(N)n[nH]c2-c2ccc(C)c(Cl)c2)cc1. The van der Waals surface area contributed by atoms with Gasteiger partial charge in [-0.15, -0.1) is 0 Å². The van der Waals surface area contributed by atoms with Crippen molar-refractivity contribution < 1.29 is 0 Å². The number of aromatic amines is 1. The highest BCUT2D eigenvalue weighted by Crippen LogP contribution is 2.36. The van der Waals surface area contributed by atoms with Gasteiger partial charge in [0.15, 0.2) is 5.82 Å². The number of aryl methyl sites for hydroxylation is 2. The first kappa shape index (κ1) is 13.7. The van der Waals surface area contributed by atoms with Crippen LogP contribution < -0.4 is 5.73 Å². The molecule has 0 radical (unpaired) electrons. The number of nitrogens with two attached hydrogens (primary N) is 1. The summed E-state index contributed by atoms with van der Waals surface area (Å²) in [4.78, 5) is 0. The number of anilines is 1. The van der Waals surface area contributed by atoms with Crippen LogP contribution in [0.4, 0.5) is 5.82 Å². The zero-order valence-electron chi connectivity index (χ0n) is 11.9. The summed E-state index contributed by atoms with van der Waals surface area (Å²) in [5, 5.41) is 7.90. The topological polar surface area (TPSA) is 54.7 Å². The maximum Gasteiger partial charge on any atom is 0.153 e. The number of hydrogen-bond acceptors (Lipinski definition) is 2. The average molecular weight is 298 g/mol. The van der Waals surface area contributed by atoms with Crippen molar-refractivity contribution in [2.24, 2.45) is 0 Å². The summed E-state index contributed by atoms with van der Waals surface area (Å²) >= 11 is 6.22. The van der Waals surface area contributed by atoms with Crippen LogP contribution in [-0.4, -0.2) is 10.2 Å². The molecule has 3 N–H and O–H groups in total. The smallest absolute Gasteiger partial charge is 0.153 e. The Hall–Kier alpha value is -2.26. The van der Waals surface area contributed by atoms with E-state index in [1.165, 1.54) is 5.56 Å². The molecule has 3 nitrogen and oxygen atoms in total. The van der Waals surface area contributed by atoms with Crippen molar-refractivity contribution in [1.29, 1.82) is 0 Å². The number of benzene rings is 2. The minimum Gasteiger partial charge on any atom is -0.382 e. The van der Waals surface area contributed by atoms with Gasteiger partial charge in [0.1, 0.15) is 0 Å². The third-order valence-electron chi connectivity index (χ3n) is 3.60. The molecule has 0 saturated heterocycles. The zero-order valence-corrected chi connectivity index (χ0v) is 12.7. The minimum absolute atomic E-state index is 0.491. The van der Waals surface area contributed by atoms with Gasteiger partial charge in [0, 0.05) is 10.6 Å². The Labute approximate surface area is 128 Å². The molecule has 0 bridgehead atoms. The summed E-state index contributed by atoms with van der Waals surface area (Å²) in [6, 6.07) is 14.2. The maximum absolute atomic E-state index is 6.22. The number of nitrogen functional groups attached to an aromatic ring is 1. The van der Waals surface area contributed by atoms with Gasteiger partial charge in [0.2, 0.25) is 0 Å². The summed E-state index contributed by atoms with van der Waals surface area (Å²) < 4.78 is 0. The second-order valence-corrected chi connectivity index (χ2v) is 5.60. The molecule has 0 saturated carbocycles. The molecule has 3 rings (SSSR count). The molecule has 21 heavy (non-hydrogen) atoms. The van der Waals surface area contributed by atoms with Crippen molar-refractivity contribution in [3.05, 3.63) is 58.6 Å². The number of nitrogens with zero attached hydrogens (tertiary/aromatic N) is 1. The van der Waals surface area contributed by atoms with Crippen molar-refractivity contribution in [2.45, 2.75) is 13.8 Å². The lowest BCUT2D eigenvalue weighted by Gasteiger charge is -2.07. The Balaban J connectivity index is 2.16. The predicted molar refractivity (Wildman–Crippen MR) is 88.4 cm³/mol. The Bertz CT molecular complexity index is 788. The van der Waals surface area contributed by atoms with Gasteiger partial charge < -0.3 is 5.73 Å². The molecule has 4 heteroatoms. The van der Waals surface area contributed by atoms with Crippen LogP contribution in [0, 0.1) is 13.8 Å². The van der Waals surface area contributed by atoms with Gasteiger partial charge in [-0.25, -0.2) is 0 Å². The third kappa shape index (κ3) is 2.52. The first-order valence-corrected chi connectivity index (χ1v) is 7.11. The van der Waals surface area contributed by atoms with Gasteiger partial charge in [0.25, 0.3) is 0 Å². The number of nitrogens with one attached hydrogen (secondary N) is 1. The third-order valence-corrected chi connectivity index (χ3v) is 4.00. The molecule has 106 valence electrons. The van der Waals surface area contributed by atoms with E-state index >= 15 is 0 Å². The predicted octanol–water partition coefficient (Wildman–Crippen LogP) is 4.60. The van der Waals surface area contributed by atoms with Crippen molar-refractivity contribution >= 4 is 17.4 Å². The summed E-state index contributed by atoms with van der Waals surface area (Å²) in [5.41, 5.74) is 12.1. The molecule has 1 heterocycles. The molecule has 0 unspecified atom stereocenters. The largest absolute Gasteiger partial charge is 0.382 e. The fourth-order valence-corrected chi connectivity index (χ4v) is 2.51. The summed E-state index contributed by atoms with van der Waals surface area (Å²) in [5.74, 6) is 0.491. The van der Waals surface area contributed by atoms with Crippen molar-refractivity contribution in [3.8, 4) is 22.4 Å². The van der Waals surface area contributed by atoms with Crippen LogP contribution >= 0.6 is 11.6 Å².